The van der Waals surface area contributed by atoms with Gasteiger partial charge in [0.2, 0.25) is 0 Å². The molecule has 58 valence electrons. The summed E-state index contributed by atoms with van der Waals surface area (Å²) in [6, 6.07) is 0. The Balaban J connectivity index is 2.31. The maximum absolute atomic E-state index is 12.7. The van der Waals surface area contributed by atoms with Crippen LogP contribution in [0, 0.1) is 5.92 Å². The summed E-state index contributed by atoms with van der Waals surface area (Å²) in [5, 5.41) is 2.86. The first-order valence-electron chi connectivity index (χ1n) is 3.11. The third kappa shape index (κ3) is 1.25. The number of hydrogen-bond donors (Lipinski definition) is 3. The minimum absolute atomic E-state index is 0.191. The average molecular weight is 147 g/mol. The summed E-state index contributed by atoms with van der Waals surface area (Å²) in [7, 11) is 0. The van der Waals surface area contributed by atoms with Gasteiger partial charge in [-0.2, -0.15) is 0 Å². The van der Waals surface area contributed by atoms with Crippen LogP contribution in [0.15, 0.2) is 0 Å². The van der Waals surface area contributed by atoms with E-state index in [2.05, 4.69) is 5.32 Å². The van der Waals surface area contributed by atoms with Crippen LogP contribution < -0.4 is 16.6 Å². The summed E-state index contributed by atoms with van der Waals surface area (Å²) >= 11 is 0. The van der Waals surface area contributed by atoms with Crippen LogP contribution in [-0.4, -0.2) is 25.2 Å². The molecule has 5 heteroatoms. The molecule has 0 aromatic carbocycles. The number of carbonyl (C=O) groups is 1. The molecule has 1 amide bonds. The van der Waals surface area contributed by atoms with Gasteiger partial charge in [-0.05, 0) is 0 Å². The zero-order chi connectivity index (χ0) is 7.56. The van der Waals surface area contributed by atoms with Crippen LogP contribution in [-0.2, 0) is 4.79 Å². The molecule has 1 aliphatic heterocycles. The molecule has 1 atom stereocenters. The Kier molecular flexibility index (Phi) is 2.18. The summed E-state index contributed by atoms with van der Waals surface area (Å²) in [5.74, 6) is 3.81. The maximum Gasteiger partial charge on any atom is 0.268 e. The Morgan fingerprint density at radius 3 is 2.70 bits per heavy atom. The SMILES string of the molecule is NNC(=O)C(F)C1CNC1. The molecule has 10 heavy (non-hydrogen) atoms. The van der Waals surface area contributed by atoms with Gasteiger partial charge in [0.1, 0.15) is 0 Å². The predicted molar refractivity (Wildman–Crippen MR) is 33.6 cm³/mol. The van der Waals surface area contributed by atoms with Crippen molar-refractivity contribution in [3.63, 3.8) is 0 Å². The van der Waals surface area contributed by atoms with E-state index in [1.54, 1.807) is 5.43 Å². The number of rotatable bonds is 2. The van der Waals surface area contributed by atoms with Crippen molar-refractivity contribution in [2.45, 2.75) is 6.17 Å². The Morgan fingerprint density at radius 2 is 2.40 bits per heavy atom. The van der Waals surface area contributed by atoms with E-state index in [0.717, 1.165) is 0 Å². The van der Waals surface area contributed by atoms with Crippen LogP contribution in [0.5, 0.6) is 0 Å². The Bertz CT molecular complexity index is 137. The number of carbonyl (C=O) groups excluding carboxylic acids is 1. The summed E-state index contributed by atoms with van der Waals surface area (Å²) in [6.45, 7) is 1.13. The van der Waals surface area contributed by atoms with E-state index in [9.17, 15) is 9.18 Å². The van der Waals surface area contributed by atoms with E-state index in [4.69, 9.17) is 5.84 Å². The number of nitrogens with one attached hydrogen (secondary N) is 2. The molecule has 0 aliphatic carbocycles. The average Bonchev–Trinajstić information content (AvgIpc) is 1.82. The van der Waals surface area contributed by atoms with Gasteiger partial charge < -0.3 is 5.32 Å². The largest absolute Gasteiger partial charge is 0.316 e. The fourth-order valence-electron chi connectivity index (χ4n) is 0.812. The fraction of sp³-hybridized carbons (Fsp3) is 0.800. The minimum atomic E-state index is -1.45. The molecule has 0 spiro atoms. The summed E-state index contributed by atoms with van der Waals surface area (Å²) in [4.78, 5) is 10.5. The van der Waals surface area contributed by atoms with Crippen molar-refractivity contribution < 1.29 is 9.18 Å². The van der Waals surface area contributed by atoms with Gasteiger partial charge in [-0.1, -0.05) is 0 Å². The molecule has 1 aliphatic rings. The quantitative estimate of drug-likeness (QED) is 0.254. The topological polar surface area (TPSA) is 67.1 Å². The van der Waals surface area contributed by atoms with Crippen molar-refractivity contribution in [3.05, 3.63) is 0 Å². The van der Waals surface area contributed by atoms with Crippen LogP contribution in [0.1, 0.15) is 0 Å². The van der Waals surface area contributed by atoms with Crippen LogP contribution in [0.4, 0.5) is 4.39 Å². The number of alkyl halides is 1. The van der Waals surface area contributed by atoms with E-state index >= 15 is 0 Å². The zero-order valence-electron chi connectivity index (χ0n) is 5.43. The predicted octanol–water partition coefficient (Wildman–Crippen LogP) is -1.47. The molecule has 0 aromatic rings. The smallest absolute Gasteiger partial charge is 0.268 e. The van der Waals surface area contributed by atoms with Gasteiger partial charge >= 0.3 is 0 Å². The van der Waals surface area contributed by atoms with Crippen molar-refractivity contribution in [1.82, 2.24) is 10.7 Å². The van der Waals surface area contributed by atoms with E-state index in [1.165, 1.54) is 0 Å². The number of hydrogen-bond acceptors (Lipinski definition) is 3. The highest BCUT2D eigenvalue weighted by Gasteiger charge is 2.31. The molecule has 0 aromatic heterocycles. The molecule has 0 radical (unpaired) electrons. The normalized spacial score (nSPS) is 21.4. The molecule has 1 unspecified atom stereocenters. The second-order valence-corrected chi connectivity index (χ2v) is 2.33. The lowest BCUT2D eigenvalue weighted by Crippen LogP contribution is -2.52. The Labute approximate surface area is 57.9 Å². The minimum Gasteiger partial charge on any atom is -0.316 e. The highest BCUT2D eigenvalue weighted by molar-refractivity contribution is 5.80. The molecular weight excluding hydrogens is 137 g/mol. The van der Waals surface area contributed by atoms with Gasteiger partial charge in [-0.15, -0.1) is 0 Å². The molecule has 1 fully saturated rings. The lowest BCUT2D eigenvalue weighted by molar-refractivity contribution is -0.128. The zero-order valence-corrected chi connectivity index (χ0v) is 5.43. The lowest BCUT2D eigenvalue weighted by atomic mass is 9.97. The second-order valence-electron chi connectivity index (χ2n) is 2.33. The molecule has 1 rings (SSSR count). The third-order valence-corrected chi connectivity index (χ3v) is 1.62. The van der Waals surface area contributed by atoms with Crippen molar-refractivity contribution >= 4 is 5.91 Å². The second kappa shape index (κ2) is 2.94. The highest BCUT2D eigenvalue weighted by Crippen LogP contribution is 2.11. The number of hydrazine groups is 1. The molecule has 0 saturated carbocycles. The van der Waals surface area contributed by atoms with Gasteiger partial charge in [-0.25, -0.2) is 10.2 Å². The van der Waals surface area contributed by atoms with Crippen LogP contribution in [0.2, 0.25) is 0 Å². The van der Waals surface area contributed by atoms with Crippen molar-refractivity contribution in [3.8, 4) is 0 Å². The van der Waals surface area contributed by atoms with Gasteiger partial charge in [0, 0.05) is 19.0 Å². The summed E-state index contributed by atoms with van der Waals surface area (Å²) in [5.41, 5.74) is 1.77. The Hall–Kier alpha value is -0.680. The maximum atomic E-state index is 12.7. The first kappa shape index (κ1) is 7.43. The molecule has 4 nitrogen and oxygen atoms in total. The lowest BCUT2D eigenvalue weighted by Gasteiger charge is -2.28. The highest BCUT2D eigenvalue weighted by atomic mass is 19.1. The van der Waals surface area contributed by atoms with Gasteiger partial charge in [-0.3, -0.25) is 10.2 Å². The van der Waals surface area contributed by atoms with Crippen LogP contribution in [0.3, 0.4) is 0 Å². The molecule has 1 heterocycles. The number of amides is 1. The van der Waals surface area contributed by atoms with E-state index in [0.29, 0.717) is 13.1 Å². The van der Waals surface area contributed by atoms with Crippen molar-refractivity contribution in [2.75, 3.05) is 13.1 Å². The number of halogens is 1. The summed E-state index contributed by atoms with van der Waals surface area (Å²) in [6.07, 6.45) is -1.45. The van der Waals surface area contributed by atoms with Gasteiger partial charge in [0.15, 0.2) is 6.17 Å². The molecule has 4 N–H and O–H groups in total. The van der Waals surface area contributed by atoms with Crippen LogP contribution >= 0.6 is 0 Å². The first-order chi connectivity index (χ1) is 4.75. The van der Waals surface area contributed by atoms with E-state index in [-0.39, 0.29) is 5.92 Å². The Morgan fingerprint density at radius 1 is 1.80 bits per heavy atom. The molecular formula is C5H10FN3O. The van der Waals surface area contributed by atoms with E-state index < -0.39 is 12.1 Å². The standard InChI is InChI=1S/C5H10FN3O/c6-4(5(10)9-7)3-1-8-2-3/h3-4,8H,1-2,7H2,(H,9,10). The first-order valence-corrected chi connectivity index (χ1v) is 3.11. The van der Waals surface area contributed by atoms with Crippen molar-refractivity contribution in [1.29, 1.82) is 0 Å². The van der Waals surface area contributed by atoms with E-state index in [1.807, 2.05) is 0 Å². The molecule has 1 saturated heterocycles. The van der Waals surface area contributed by atoms with Crippen molar-refractivity contribution in [2.24, 2.45) is 11.8 Å². The van der Waals surface area contributed by atoms with Gasteiger partial charge in [0.05, 0.1) is 0 Å². The van der Waals surface area contributed by atoms with Crippen LogP contribution in [0.25, 0.3) is 0 Å². The monoisotopic (exact) mass is 147 g/mol. The summed E-state index contributed by atoms with van der Waals surface area (Å²) < 4.78 is 12.7. The number of nitrogens with two attached hydrogens (primary N) is 1. The third-order valence-electron chi connectivity index (χ3n) is 1.62. The molecule has 0 bridgehead atoms. The van der Waals surface area contributed by atoms with Gasteiger partial charge in [0.25, 0.3) is 5.91 Å². The fourth-order valence-corrected chi connectivity index (χ4v) is 0.812.